The molecular formula is C14H28N2O. The molecule has 0 unspecified atom stereocenters. The lowest BCUT2D eigenvalue weighted by molar-refractivity contribution is -0.122. The molecule has 1 atom stereocenters. The van der Waals surface area contributed by atoms with Crippen molar-refractivity contribution in [1.82, 2.24) is 10.6 Å². The van der Waals surface area contributed by atoms with Gasteiger partial charge in [0.1, 0.15) is 0 Å². The van der Waals surface area contributed by atoms with Crippen LogP contribution in [0, 0.1) is 5.92 Å². The summed E-state index contributed by atoms with van der Waals surface area (Å²) in [4.78, 5) is 11.7. The van der Waals surface area contributed by atoms with Gasteiger partial charge in [-0.15, -0.1) is 0 Å². The highest BCUT2D eigenvalue weighted by Gasteiger charge is 2.20. The lowest BCUT2D eigenvalue weighted by Crippen LogP contribution is -2.38. The molecule has 3 nitrogen and oxygen atoms in total. The lowest BCUT2D eigenvalue weighted by atomic mass is 9.93. The van der Waals surface area contributed by atoms with Gasteiger partial charge in [0.25, 0.3) is 0 Å². The van der Waals surface area contributed by atoms with Gasteiger partial charge in [-0.3, -0.25) is 4.79 Å². The number of carbonyl (C=O) groups is 1. The molecule has 0 aromatic heterocycles. The Hall–Kier alpha value is -0.570. The van der Waals surface area contributed by atoms with Crippen molar-refractivity contribution in [1.29, 1.82) is 0 Å². The highest BCUT2D eigenvalue weighted by atomic mass is 16.1. The van der Waals surface area contributed by atoms with Gasteiger partial charge in [0.2, 0.25) is 5.91 Å². The van der Waals surface area contributed by atoms with Crippen molar-refractivity contribution in [2.45, 2.75) is 64.3 Å². The van der Waals surface area contributed by atoms with Gasteiger partial charge in [0.15, 0.2) is 0 Å². The number of rotatable bonds is 6. The molecular weight excluding hydrogens is 212 g/mol. The van der Waals surface area contributed by atoms with Gasteiger partial charge in [0, 0.05) is 12.5 Å². The molecule has 0 heterocycles. The topological polar surface area (TPSA) is 41.1 Å². The maximum Gasteiger partial charge on any atom is 0.220 e. The minimum Gasteiger partial charge on any atom is -0.353 e. The average molecular weight is 240 g/mol. The molecule has 1 amide bonds. The van der Waals surface area contributed by atoms with Crippen LogP contribution in [0.15, 0.2) is 0 Å². The molecule has 1 aliphatic rings. The van der Waals surface area contributed by atoms with E-state index in [-0.39, 0.29) is 5.91 Å². The molecule has 0 aromatic rings. The maximum atomic E-state index is 11.7. The highest BCUT2D eigenvalue weighted by Crippen LogP contribution is 2.25. The summed E-state index contributed by atoms with van der Waals surface area (Å²) in [6.07, 6.45) is 9.58. The third kappa shape index (κ3) is 6.06. The summed E-state index contributed by atoms with van der Waals surface area (Å²) in [6.45, 7) is 3.09. The fourth-order valence-electron chi connectivity index (χ4n) is 2.68. The molecule has 0 saturated heterocycles. The van der Waals surface area contributed by atoms with E-state index in [4.69, 9.17) is 0 Å². The van der Waals surface area contributed by atoms with Crippen molar-refractivity contribution in [3.8, 4) is 0 Å². The van der Waals surface area contributed by atoms with Crippen LogP contribution >= 0.6 is 0 Å². The Balaban J connectivity index is 2.21. The third-order valence-electron chi connectivity index (χ3n) is 3.83. The molecule has 1 saturated carbocycles. The second kappa shape index (κ2) is 8.51. The molecule has 0 aromatic carbocycles. The van der Waals surface area contributed by atoms with Crippen molar-refractivity contribution in [2.24, 2.45) is 5.92 Å². The zero-order chi connectivity index (χ0) is 12.5. The fourth-order valence-corrected chi connectivity index (χ4v) is 2.68. The second-order valence-corrected chi connectivity index (χ2v) is 5.31. The molecule has 0 radical (unpaired) electrons. The minimum absolute atomic E-state index is 0.219. The van der Waals surface area contributed by atoms with Crippen LogP contribution in [-0.4, -0.2) is 25.5 Å². The number of amides is 1. The van der Waals surface area contributed by atoms with E-state index in [0.29, 0.717) is 18.4 Å². The largest absolute Gasteiger partial charge is 0.353 e. The summed E-state index contributed by atoms with van der Waals surface area (Å²) in [7, 11) is 1.92. The Bertz CT molecular complexity index is 210. The first kappa shape index (κ1) is 14.5. The van der Waals surface area contributed by atoms with Gasteiger partial charge < -0.3 is 10.6 Å². The Morgan fingerprint density at radius 2 is 1.88 bits per heavy atom. The van der Waals surface area contributed by atoms with Crippen molar-refractivity contribution in [3.05, 3.63) is 0 Å². The third-order valence-corrected chi connectivity index (χ3v) is 3.83. The SMILES string of the molecule is CNCCCC(=O)N[C@@H](C)C1CCCCCC1. The predicted molar refractivity (Wildman–Crippen MR) is 72.0 cm³/mol. The number of hydrogen-bond donors (Lipinski definition) is 2. The van der Waals surface area contributed by atoms with E-state index in [1.54, 1.807) is 0 Å². The van der Waals surface area contributed by atoms with Gasteiger partial charge >= 0.3 is 0 Å². The lowest BCUT2D eigenvalue weighted by Gasteiger charge is -2.23. The van der Waals surface area contributed by atoms with Crippen molar-refractivity contribution in [2.75, 3.05) is 13.6 Å². The molecule has 1 fully saturated rings. The van der Waals surface area contributed by atoms with E-state index in [1.165, 1.54) is 38.5 Å². The molecule has 1 rings (SSSR count). The molecule has 3 heteroatoms. The zero-order valence-electron chi connectivity index (χ0n) is 11.4. The van der Waals surface area contributed by atoms with E-state index in [0.717, 1.165) is 13.0 Å². The van der Waals surface area contributed by atoms with E-state index >= 15 is 0 Å². The average Bonchev–Trinajstić information content (AvgIpc) is 2.57. The predicted octanol–water partition coefficient (Wildman–Crippen LogP) is 2.46. The van der Waals surface area contributed by atoms with Crippen LogP contribution < -0.4 is 10.6 Å². The molecule has 100 valence electrons. The molecule has 0 aliphatic heterocycles. The zero-order valence-corrected chi connectivity index (χ0v) is 11.4. The first-order chi connectivity index (χ1) is 8.24. The van der Waals surface area contributed by atoms with Gasteiger partial charge in [-0.2, -0.15) is 0 Å². The summed E-state index contributed by atoms with van der Waals surface area (Å²) in [5.74, 6) is 0.919. The van der Waals surface area contributed by atoms with E-state index < -0.39 is 0 Å². The monoisotopic (exact) mass is 240 g/mol. The van der Waals surface area contributed by atoms with Crippen LogP contribution in [0.1, 0.15) is 58.3 Å². The van der Waals surface area contributed by atoms with Crippen LogP contribution in [-0.2, 0) is 4.79 Å². The van der Waals surface area contributed by atoms with Crippen molar-refractivity contribution >= 4 is 5.91 Å². The number of hydrogen-bond acceptors (Lipinski definition) is 2. The van der Waals surface area contributed by atoms with Crippen LogP contribution in [0.25, 0.3) is 0 Å². The highest BCUT2D eigenvalue weighted by molar-refractivity contribution is 5.76. The quantitative estimate of drug-likeness (QED) is 0.553. The Morgan fingerprint density at radius 1 is 1.24 bits per heavy atom. The smallest absolute Gasteiger partial charge is 0.220 e. The summed E-state index contributed by atoms with van der Waals surface area (Å²) in [5, 5.41) is 6.24. The minimum atomic E-state index is 0.219. The van der Waals surface area contributed by atoms with Gasteiger partial charge in [0.05, 0.1) is 0 Å². The summed E-state index contributed by atoms with van der Waals surface area (Å²) >= 11 is 0. The Morgan fingerprint density at radius 3 is 2.47 bits per heavy atom. The van der Waals surface area contributed by atoms with Crippen LogP contribution in [0.4, 0.5) is 0 Å². The Kier molecular flexibility index (Phi) is 7.25. The summed E-state index contributed by atoms with van der Waals surface area (Å²) < 4.78 is 0. The first-order valence-corrected chi connectivity index (χ1v) is 7.18. The molecule has 0 spiro atoms. The maximum absolute atomic E-state index is 11.7. The van der Waals surface area contributed by atoms with Crippen LogP contribution in [0.3, 0.4) is 0 Å². The standard InChI is InChI=1S/C14H28N2O/c1-12(13-8-5-3-4-6-9-13)16-14(17)10-7-11-15-2/h12-13,15H,3-11H2,1-2H3,(H,16,17)/t12-/m0/s1. The van der Waals surface area contributed by atoms with Crippen LogP contribution in [0.2, 0.25) is 0 Å². The van der Waals surface area contributed by atoms with Crippen molar-refractivity contribution in [3.63, 3.8) is 0 Å². The number of nitrogens with one attached hydrogen (secondary N) is 2. The van der Waals surface area contributed by atoms with Gasteiger partial charge in [-0.25, -0.2) is 0 Å². The van der Waals surface area contributed by atoms with E-state index in [9.17, 15) is 4.79 Å². The summed E-state index contributed by atoms with van der Waals surface area (Å²) in [6, 6.07) is 0.357. The van der Waals surface area contributed by atoms with E-state index in [2.05, 4.69) is 17.6 Å². The second-order valence-electron chi connectivity index (χ2n) is 5.31. The Labute approximate surface area is 106 Å². The molecule has 0 bridgehead atoms. The van der Waals surface area contributed by atoms with Gasteiger partial charge in [-0.05, 0) is 45.7 Å². The fraction of sp³-hybridized carbons (Fsp3) is 0.929. The van der Waals surface area contributed by atoms with Crippen LogP contribution in [0.5, 0.6) is 0 Å². The molecule has 2 N–H and O–H groups in total. The number of carbonyl (C=O) groups excluding carboxylic acids is 1. The first-order valence-electron chi connectivity index (χ1n) is 7.18. The molecule has 17 heavy (non-hydrogen) atoms. The van der Waals surface area contributed by atoms with E-state index in [1.807, 2.05) is 7.05 Å². The molecule has 1 aliphatic carbocycles. The normalized spacial score (nSPS) is 19.6. The van der Waals surface area contributed by atoms with Crippen molar-refractivity contribution < 1.29 is 4.79 Å². The van der Waals surface area contributed by atoms with Gasteiger partial charge in [-0.1, -0.05) is 25.7 Å². The summed E-state index contributed by atoms with van der Waals surface area (Å²) in [5.41, 5.74) is 0.